The number of aromatic hydroxyl groups is 1. The van der Waals surface area contributed by atoms with E-state index in [2.05, 4.69) is 0 Å². The Kier molecular flexibility index (Phi) is 4.57. The third-order valence-corrected chi connectivity index (χ3v) is 6.05. The summed E-state index contributed by atoms with van der Waals surface area (Å²) in [4.78, 5) is 16.2. The Morgan fingerprint density at radius 3 is 2.85 bits per heavy atom. The van der Waals surface area contributed by atoms with Crippen molar-refractivity contribution < 1.29 is 19.4 Å². The number of likely N-dealkylation sites (tertiary alicyclic amines) is 1. The predicted octanol–water partition coefficient (Wildman–Crippen LogP) is 2.18. The Morgan fingerprint density at radius 2 is 2.12 bits per heavy atom. The lowest BCUT2D eigenvalue weighted by Crippen LogP contribution is -2.58. The molecule has 0 aromatic heterocycles. The molecular formula is C20H28N2O4. The van der Waals surface area contributed by atoms with Gasteiger partial charge in [-0.25, -0.2) is 0 Å². The van der Waals surface area contributed by atoms with Gasteiger partial charge >= 0.3 is 0 Å². The number of phenols is 1. The third kappa shape index (κ3) is 2.95. The Bertz CT molecular complexity index is 682. The molecule has 0 radical (unpaired) electrons. The quantitative estimate of drug-likeness (QED) is 0.876. The molecule has 1 aromatic carbocycles. The molecule has 142 valence electrons. The molecule has 1 spiro atoms. The number of ether oxygens (including phenoxy) is 2. The molecule has 1 N–H and O–H groups in total. The Morgan fingerprint density at radius 1 is 1.35 bits per heavy atom. The van der Waals surface area contributed by atoms with Crippen LogP contribution in [0.2, 0.25) is 0 Å². The highest BCUT2D eigenvalue weighted by molar-refractivity contribution is 5.78. The SMILES string of the molecule is CN(C)CC(=O)N1CCC2(CC1)Oc1c(O)cccc1[C@H]1OCCC[C@@H]12. The summed E-state index contributed by atoms with van der Waals surface area (Å²) in [5.41, 5.74) is 0.609. The minimum absolute atomic E-state index is 0.0244. The number of hydrogen-bond donors (Lipinski definition) is 1. The summed E-state index contributed by atoms with van der Waals surface area (Å²) in [5, 5.41) is 10.3. The van der Waals surface area contributed by atoms with Crippen LogP contribution in [0.5, 0.6) is 11.5 Å². The number of piperidine rings is 1. The van der Waals surface area contributed by atoms with Crippen LogP contribution in [0, 0.1) is 5.92 Å². The van der Waals surface area contributed by atoms with Gasteiger partial charge in [0.1, 0.15) is 5.60 Å². The van der Waals surface area contributed by atoms with Crippen LogP contribution in [0.4, 0.5) is 0 Å². The smallest absolute Gasteiger partial charge is 0.236 e. The first-order valence-corrected chi connectivity index (χ1v) is 9.55. The van der Waals surface area contributed by atoms with Crippen molar-refractivity contribution in [3.05, 3.63) is 23.8 Å². The van der Waals surface area contributed by atoms with Crippen LogP contribution >= 0.6 is 0 Å². The Hall–Kier alpha value is -1.79. The van der Waals surface area contributed by atoms with Crippen molar-refractivity contribution in [1.82, 2.24) is 9.80 Å². The molecule has 1 amide bonds. The van der Waals surface area contributed by atoms with E-state index < -0.39 is 0 Å². The maximum absolute atomic E-state index is 12.4. The third-order valence-electron chi connectivity index (χ3n) is 6.05. The number of rotatable bonds is 2. The predicted molar refractivity (Wildman–Crippen MR) is 97.3 cm³/mol. The molecule has 1 aromatic rings. The molecule has 6 nitrogen and oxygen atoms in total. The van der Waals surface area contributed by atoms with E-state index in [1.54, 1.807) is 6.07 Å². The summed E-state index contributed by atoms with van der Waals surface area (Å²) in [6.45, 7) is 2.57. The molecule has 2 atom stereocenters. The molecule has 2 fully saturated rings. The van der Waals surface area contributed by atoms with Crippen molar-refractivity contribution in [3.63, 3.8) is 0 Å². The number of benzene rings is 1. The van der Waals surface area contributed by atoms with E-state index in [0.29, 0.717) is 25.4 Å². The van der Waals surface area contributed by atoms with E-state index in [4.69, 9.17) is 9.47 Å². The van der Waals surface area contributed by atoms with Crippen LogP contribution in [0.25, 0.3) is 0 Å². The number of phenolic OH excluding ortho intramolecular Hbond substituents is 1. The Balaban J connectivity index is 1.59. The highest BCUT2D eigenvalue weighted by Gasteiger charge is 2.53. The number of hydrogen-bond acceptors (Lipinski definition) is 5. The molecule has 26 heavy (non-hydrogen) atoms. The van der Waals surface area contributed by atoms with Crippen LogP contribution in [0.3, 0.4) is 0 Å². The molecule has 3 aliphatic heterocycles. The van der Waals surface area contributed by atoms with E-state index in [9.17, 15) is 9.90 Å². The molecule has 4 rings (SSSR count). The van der Waals surface area contributed by atoms with Gasteiger partial charge in [0, 0.05) is 44.0 Å². The molecule has 3 aliphatic rings. The average Bonchev–Trinajstić information content (AvgIpc) is 2.63. The van der Waals surface area contributed by atoms with Gasteiger partial charge in [0.15, 0.2) is 11.5 Å². The van der Waals surface area contributed by atoms with Gasteiger partial charge in [-0.3, -0.25) is 4.79 Å². The van der Waals surface area contributed by atoms with Crippen molar-refractivity contribution in [3.8, 4) is 11.5 Å². The van der Waals surface area contributed by atoms with Gasteiger partial charge in [0.2, 0.25) is 5.91 Å². The minimum Gasteiger partial charge on any atom is -0.504 e. The van der Waals surface area contributed by atoms with Crippen LogP contribution in [-0.4, -0.2) is 66.8 Å². The van der Waals surface area contributed by atoms with Gasteiger partial charge in [-0.1, -0.05) is 12.1 Å². The Labute approximate surface area is 154 Å². The second-order valence-corrected chi connectivity index (χ2v) is 8.02. The van der Waals surface area contributed by atoms with Crippen LogP contribution in [0.15, 0.2) is 18.2 Å². The summed E-state index contributed by atoms with van der Waals surface area (Å²) in [6.07, 6.45) is 3.63. The fourth-order valence-corrected chi connectivity index (χ4v) is 4.76. The zero-order chi connectivity index (χ0) is 18.3. The number of carbonyl (C=O) groups excluding carboxylic acids is 1. The topological polar surface area (TPSA) is 62.2 Å². The van der Waals surface area contributed by atoms with E-state index >= 15 is 0 Å². The van der Waals surface area contributed by atoms with Crippen LogP contribution in [0.1, 0.15) is 37.4 Å². The van der Waals surface area contributed by atoms with Gasteiger partial charge in [-0.05, 0) is 33.0 Å². The summed E-state index contributed by atoms with van der Waals surface area (Å²) in [5.74, 6) is 1.20. The van der Waals surface area contributed by atoms with Crippen molar-refractivity contribution in [2.24, 2.45) is 5.92 Å². The lowest BCUT2D eigenvalue weighted by molar-refractivity contribution is -0.157. The molecule has 0 bridgehead atoms. The normalized spacial score (nSPS) is 27.0. The molecular weight excluding hydrogens is 332 g/mol. The zero-order valence-electron chi connectivity index (χ0n) is 15.6. The number of para-hydroxylation sites is 1. The standard InChI is InChI=1S/C20H28N2O4/c1-21(2)13-17(24)22-10-8-20(9-11-22)15-6-4-12-25-18(15)14-5-3-7-16(23)19(14)26-20/h3,5,7,15,18,23H,4,6,8-13H2,1-2H3/t15-,18+/m0/s1. The lowest BCUT2D eigenvalue weighted by Gasteiger charge is -2.53. The maximum Gasteiger partial charge on any atom is 0.236 e. The first-order valence-electron chi connectivity index (χ1n) is 9.55. The number of carbonyl (C=O) groups is 1. The lowest BCUT2D eigenvalue weighted by atomic mass is 9.70. The molecule has 0 saturated carbocycles. The monoisotopic (exact) mass is 360 g/mol. The summed E-state index contributed by atoms with van der Waals surface area (Å²) < 4.78 is 12.6. The molecule has 3 heterocycles. The van der Waals surface area contributed by atoms with Gasteiger partial charge in [-0.15, -0.1) is 0 Å². The molecule has 0 aliphatic carbocycles. The largest absolute Gasteiger partial charge is 0.504 e. The second kappa shape index (κ2) is 6.74. The number of fused-ring (bicyclic) bond motifs is 4. The summed E-state index contributed by atoms with van der Waals surface area (Å²) >= 11 is 0. The first kappa shape index (κ1) is 17.6. The highest BCUT2D eigenvalue weighted by Crippen LogP contribution is 2.55. The van der Waals surface area contributed by atoms with E-state index in [0.717, 1.165) is 37.9 Å². The fraction of sp³-hybridized carbons (Fsp3) is 0.650. The van der Waals surface area contributed by atoms with Crippen molar-refractivity contribution in [2.45, 2.75) is 37.4 Å². The number of nitrogens with zero attached hydrogens (tertiary/aromatic N) is 2. The molecule has 6 heteroatoms. The van der Waals surface area contributed by atoms with Crippen LogP contribution in [-0.2, 0) is 9.53 Å². The molecule has 2 saturated heterocycles. The van der Waals surface area contributed by atoms with Crippen molar-refractivity contribution in [1.29, 1.82) is 0 Å². The van der Waals surface area contributed by atoms with Gasteiger partial charge in [0.05, 0.1) is 12.6 Å². The summed E-state index contributed by atoms with van der Waals surface area (Å²) in [7, 11) is 3.83. The van der Waals surface area contributed by atoms with Crippen molar-refractivity contribution in [2.75, 3.05) is 40.3 Å². The number of likely N-dealkylation sites (N-methyl/N-ethyl adjacent to an activating group) is 1. The van der Waals surface area contributed by atoms with E-state index in [-0.39, 0.29) is 29.3 Å². The maximum atomic E-state index is 12.4. The average molecular weight is 360 g/mol. The first-order chi connectivity index (χ1) is 12.5. The highest BCUT2D eigenvalue weighted by atomic mass is 16.5. The van der Waals surface area contributed by atoms with Crippen LogP contribution < -0.4 is 4.74 Å². The van der Waals surface area contributed by atoms with Gasteiger partial charge in [-0.2, -0.15) is 0 Å². The van der Waals surface area contributed by atoms with E-state index in [1.165, 1.54) is 0 Å². The molecule has 0 unspecified atom stereocenters. The summed E-state index contributed by atoms with van der Waals surface area (Å²) in [6, 6.07) is 5.53. The fourth-order valence-electron chi connectivity index (χ4n) is 4.76. The van der Waals surface area contributed by atoms with Gasteiger partial charge in [0.25, 0.3) is 0 Å². The number of amides is 1. The van der Waals surface area contributed by atoms with E-state index in [1.807, 2.05) is 36.0 Å². The van der Waals surface area contributed by atoms with Gasteiger partial charge < -0.3 is 24.4 Å². The van der Waals surface area contributed by atoms with Crippen molar-refractivity contribution >= 4 is 5.91 Å². The minimum atomic E-state index is -0.355. The second-order valence-electron chi connectivity index (χ2n) is 8.02. The zero-order valence-corrected chi connectivity index (χ0v) is 15.6.